The van der Waals surface area contributed by atoms with E-state index in [4.69, 9.17) is 0 Å². The predicted octanol–water partition coefficient (Wildman–Crippen LogP) is 2.44. The summed E-state index contributed by atoms with van der Waals surface area (Å²) in [6, 6.07) is 0. The fourth-order valence-corrected chi connectivity index (χ4v) is 2.85. The van der Waals surface area contributed by atoms with Crippen molar-refractivity contribution in [2.45, 2.75) is 64.8 Å². The smallest absolute Gasteiger partial charge is 0.226 e. The molecule has 1 N–H and O–H groups in total. The molecule has 3 aliphatic carbocycles. The van der Waals surface area contributed by atoms with E-state index in [2.05, 4.69) is 5.32 Å². The van der Waals surface area contributed by atoms with Crippen molar-refractivity contribution in [3.63, 3.8) is 0 Å². The maximum Gasteiger partial charge on any atom is 0.226 e. The zero-order valence-electron chi connectivity index (χ0n) is 11.1. The number of Topliss-reactive ketones (excluding diaryl/α,β-unsaturated/α-hetero) is 1. The largest absolute Gasteiger partial charge is 0.343 e. The molecule has 0 radical (unpaired) electrons. The zero-order valence-corrected chi connectivity index (χ0v) is 11.1. The lowest BCUT2D eigenvalue weighted by atomic mass is 9.64. The van der Waals surface area contributed by atoms with Gasteiger partial charge in [0.15, 0.2) is 5.78 Å². The summed E-state index contributed by atoms with van der Waals surface area (Å²) >= 11 is 0. The van der Waals surface area contributed by atoms with E-state index in [9.17, 15) is 9.59 Å². The van der Waals surface area contributed by atoms with Crippen molar-refractivity contribution >= 4 is 11.7 Å². The van der Waals surface area contributed by atoms with Crippen LogP contribution in [0.4, 0.5) is 0 Å². The van der Waals surface area contributed by atoms with E-state index in [1.807, 2.05) is 20.8 Å². The summed E-state index contributed by atoms with van der Waals surface area (Å²) < 4.78 is 0. The van der Waals surface area contributed by atoms with Crippen molar-refractivity contribution in [3.05, 3.63) is 0 Å². The second kappa shape index (κ2) is 4.11. The molecule has 0 aromatic rings. The summed E-state index contributed by atoms with van der Waals surface area (Å²) in [6.07, 6.45) is 5.36. The molecular formula is C14H23NO2. The van der Waals surface area contributed by atoms with Gasteiger partial charge in [0.25, 0.3) is 0 Å². The maximum absolute atomic E-state index is 12.2. The number of fused-ring (bicyclic) bond motifs is 3. The molecule has 0 aliphatic heterocycles. The number of hydrogen-bond acceptors (Lipinski definition) is 2. The van der Waals surface area contributed by atoms with Gasteiger partial charge in [0.1, 0.15) is 0 Å². The molecule has 3 saturated carbocycles. The number of carbonyl (C=O) groups excluding carboxylic acids is 2. The molecule has 0 saturated heterocycles. The normalized spacial score (nSPS) is 32.6. The predicted molar refractivity (Wildman–Crippen MR) is 66.5 cm³/mol. The highest BCUT2D eigenvalue weighted by atomic mass is 16.2. The molecule has 3 rings (SSSR count). The molecule has 96 valence electrons. The van der Waals surface area contributed by atoms with Crippen molar-refractivity contribution in [2.75, 3.05) is 0 Å². The van der Waals surface area contributed by atoms with Gasteiger partial charge in [0.05, 0.1) is 5.54 Å². The molecule has 3 heteroatoms. The molecule has 2 bridgehead atoms. The van der Waals surface area contributed by atoms with Gasteiger partial charge in [-0.05, 0) is 38.0 Å². The van der Waals surface area contributed by atoms with E-state index >= 15 is 0 Å². The van der Waals surface area contributed by atoms with Crippen LogP contribution in [0, 0.1) is 11.3 Å². The summed E-state index contributed by atoms with van der Waals surface area (Å²) in [5.41, 5.74) is -0.887. The Morgan fingerprint density at radius 1 is 1.41 bits per heavy atom. The first-order chi connectivity index (χ1) is 7.89. The van der Waals surface area contributed by atoms with Gasteiger partial charge in [0.2, 0.25) is 5.91 Å². The molecule has 3 aliphatic rings. The van der Waals surface area contributed by atoms with Crippen LogP contribution >= 0.6 is 0 Å². The Balaban J connectivity index is 2.11. The zero-order chi connectivity index (χ0) is 12.7. The van der Waals surface area contributed by atoms with E-state index in [0.29, 0.717) is 12.3 Å². The summed E-state index contributed by atoms with van der Waals surface area (Å²) in [7, 11) is 0. The van der Waals surface area contributed by atoms with Gasteiger partial charge in [-0.2, -0.15) is 0 Å². The maximum atomic E-state index is 12.2. The summed E-state index contributed by atoms with van der Waals surface area (Å²) in [4.78, 5) is 24.3. The molecule has 0 aromatic carbocycles. The summed E-state index contributed by atoms with van der Waals surface area (Å²) in [5, 5.41) is 3.07. The Morgan fingerprint density at radius 2 is 2.00 bits per heavy atom. The van der Waals surface area contributed by atoms with Crippen LogP contribution in [0.5, 0.6) is 0 Å². The minimum atomic E-state index is -0.516. The van der Waals surface area contributed by atoms with Crippen molar-refractivity contribution in [1.82, 2.24) is 5.32 Å². The van der Waals surface area contributed by atoms with Crippen LogP contribution in [0.25, 0.3) is 0 Å². The van der Waals surface area contributed by atoms with Gasteiger partial charge in [-0.1, -0.05) is 20.8 Å². The minimum Gasteiger partial charge on any atom is -0.343 e. The van der Waals surface area contributed by atoms with Crippen LogP contribution in [-0.4, -0.2) is 17.2 Å². The molecule has 17 heavy (non-hydrogen) atoms. The molecule has 0 atom stereocenters. The standard InChI is InChI=1S/C14H23NO2/c1-4-13(2,3)12(17)15-14-7-5-10(6-8-14)9-11(14)16/h10H,4-9H2,1-3H3,(H,15,17). The molecule has 0 spiro atoms. The fourth-order valence-electron chi connectivity index (χ4n) is 2.85. The lowest BCUT2D eigenvalue weighted by molar-refractivity contribution is -0.142. The van der Waals surface area contributed by atoms with Crippen LogP contribution in [0.2, 0.25) is 0 Å². The minimum absolute atomic E-state index is 0.0358. The molecule has 3 nitrogen and oxygen atoms in total. The van der Waals surface area contributed by atoms with Gasteiger partial charge >= 0.3 is 0 Å². The summed E-state index contributed by atoms with van der Waals surface area (Å²) in [6.45, 7) is 5.90. The Kier molecular flexibility index (Phi) is 3.04. The molecular weight excluding hydrogens is 214 g/mol. The quantitative estimate of drug-likeness (QED) is 0.819. The van der Waals surface area contributed by atoms with Crippen LogP contribution in [-0.2, 0) is 9.59 Å². The van der Waals surface area contributed by atoms with E-state index in [1.165, 1.54) is 0 Å². The highest BCUT2D eigenvalue weighted by Gasteiger charge is 2.49. The van der Waals surface area contributed by atoms with Crippen LogP contribution in [0.3, 0.4) is 0 Å². The van der Waals surface area contributed by atoms with Crippen LogP contribution < -0.4 is 5.32 Å². The van der Waals surface area contributed by atoms with E-state index in [0.717, 1.165) is 32.1 Å². The fraction of sp³-hybridized carbons (Fsp3) is 0.857. The first kappa shape index (κ1) is 12.6. The average molecular weight is 237 g/mol. The van der Waals surface area contributed by atoms with Crippen molar-refractivity contribution in [1.29, 1.82) is 0 Å². The third-order valence-electron chi connectivity index (χ3n) is 4.82. The van der Waals surface area contributed by atoms with Gasteiger partial charge in [-0.15, -0.1) is 0 Å². The Morgan fingerprint density at radius 3 is 2.47 bits per heavy atom. The van der Waals surface area contributed by atoms with E-state index in [1.54, 1.807) is 0 Å². The number of amides is 1. The number of hydrogen-bond donors (Lipinski definition) is 1. The van der Waals surface area contributed by atoms with E-state index < -0.39 is 5.54 Å². The monoisotopic (exact) mass is 237 g/mol. The van der Waals surface area contributed by atoms with Gasteiger partial charge < -0.3 is 5.32 Å². The lowest BCUT2D eigenvalue weighted by Gasteiger charge is -2.46. The Hall–Kier alpha value is -0.860. The molecule has 1 amide bonds. The lowest BCUT2D eigenvalue weighted by Crippen LogP contribution is -2.61. The molecule has 3 fully saturated rings. The second-order valence-corrected chi connectivity index (χ2v) is 6.34. The van der Waals surface area contributed by atoms with Gasteiger partial charge in [0, 0.05) is 11.8 Å². The van der Waals surface area contributed by atoms with Crippen molar-refractivity contribution < 1.29 is 9.59 Å². The van der Waals surface area contributed by atoms with Crippen LogP contribution in [0.15, 0.2) is 0 Å². The second-order valence-electron chi connectivity index (χ2n) is 6.34. The molecule has 0 unspecified atom stereocenters. The third-order valence-corrected chi connectivity index (χ3v) is 4.82. The molecule has 0 aromatic heterocycles. The highest BCUT2D eigenvalue weighted by molar-refractivity contribution is 5.95. The number of nitrogens with one attached hydrogen (secondary N) is 1. The summed E-state index contributed by atoms with van der Waals surface area (Å²) in [5.74, 6) is 0.884. The SMILES string of the molecule is CCC(C)(C)C(=O)NC12CCC(CC1)CC2=O. The van der Waals surface area contributed by atoms with E-state index in [-0.39, 0.29) is 17.1 Å². The number of carbonyl (C=O) groups is 2. The topological polar surface area (TPSA) is 46.2 Å². The van der Waals surface area contributed by atoms with Crippen molar-refractivity contribution in [3.8, 4) is 0 Å². The molecule has 0 heterocycles. The van der Waals surface area contributed by atoms with Crippen LogP contribution in [0.1, 0.15) is 59.3 Å². The highest BCUT2D eigenvalue weighted by Crippen LogP contribution is 2.42. The van der Waals surface area contributed by atoms with Gasteiger partial charge in [-0.3, -0.25) is 9.59 Å². The average Bonchev–Trinajstić information content (AvgIpc) is 2.31. The third kappa shape index (κ3) is 2.12. The number of ketones is 1. The Bertz CT molecular complexity index is 338. The Labute approximate surface area is 103 Å². The first-order valence-corrected chi connectivity index (χ1v) is 6.75. The van der Waals surface area contributed by atoms with Crippen molar-refractivity contribution in [2.24, 2.45) is 11.3 Å². The number of rotatable bonds is 3. The van der Waals surface area contributed by atoms with Gasteiger partial charge in [-0.25, -0.2) is 0 Å². The first-order valence-electron chi connectivity index (χ1n) is 6.75.